The number of alkyl halides is 2. The number of hydrogen-bond acceptors (Lipinski definition) is 7. The largest absolute Gasteiger partial charge is 0.489 e. The molecule has 1 aromatic heterocycles. The number of halogens is 2. The molecule has 3 aromatic carbocycles. The number of carboxylic acids is 1. The van der Waals surface area contributed by atoms with Crippen LogP contribution in [-0.4, -0.2) is 48.5 Å². The predicted molar refractivity (Wildman–Crippen MR) is 156 cm³/mol. The zero-order valence-electron chi connectivity index (χ0n) is 22.9. The lowest BCUT2D eigenvalue weighted by Crippen LogP contribution is -2.28. The van der Waals surface area contributed by atoms with Crippen molar-refractivity contribution in [1.82, 2.24) is 10.3 Å². The van der Waals surface area contributed by atoms with Gasteiger partial charge in [-0.05, 0) is 59.1 Å². The van der Waals surface area contributed by atoms with Gasteiger partial charge >= 0.3 is 18.7 Å². The van der Waals surface area contributed by atoms with E-state index < -0.39 is 18.7 Å². The minimum atomic E-state index is -3.10. The lowest BCUT2D eigenvalue weighted by atomic mass is 9.98. The first-order chi connectivity index (χ1) is 20.9. The Morgan fingerprint density at radius 3 is 2.35 bits per heavy atom. The summed E-state index contributed by atoms with van der Waals surface area (Å²) in [6.07, 6.45) is 1.57. The number of carboxylic acid groups (broad SMARTS) is 1. The minimum absolute atomic E-state index is 0.0394. The van der Waals surface area contributed by atoms with Crippen LogP contribution in [0.3, 0.4) is 0 Å². The highest BCUT2D eigenvalue weighted by atomic mass is 32.1. The van der Waals surface area contributed by atoms with Crippen LogP contribution in [0.5, 0.6) is 11.5 Å². The first kappa shape index (κ1) is 28.6. The van der Waals surface area contributed by atoms with Gasteiger partial charge in [-0.1, -0.05) is 54.6 Å². The second-order valence-corrected chi connectivity index (χ2v) is 11.3. The van der Waals surface area contributed by atoms with Crippen LogP contribution in [0.25, 0.3) is 21.6 Å². The first-order valence-electron chi connectivity index (χ1n) is 13.9. The van der Waals surface area contributed by atoms with Gasteiger partial charge in [-0.2, -0.15) is 8.78 Å². The number of carbonyl (C=O) groups excluding carboxylic acids is 1. The van der Waals surface area contributed by atoms with Crippen molar-refractivity contribution >= 4 is 23.4 Å². The summed E-state index contributed by atoms with van der Waals surface area (Å²) in [6, 6.07) is 19.1. The van der Waals surface area contributed by atoms with E-state index >= 15 is 0 Å². The first-order valence-corrected chi connectivity index (χ1v) is 14.8. The molecular weight excluding hydrogens is 578 g/mol. The molecule has 2 aliphatic rings. The molecular formula is C32H28F2N2O6S. The number of thiazole rings is 1. The van der Waals surface area contributed by atoms with Crippen LogP contribution in [0, 0.1) is 5.92 Å². The molecule has 0 saturated heterocycles. The number of ether oxygens (including phenoxy) is 3. The number of fused-ring (bicyclic) bond motifs is 3. The number of aromatic nitrogens is 1. The Morgan fingerprint density at radius 1 is 1.00 bits per heavy atom. The van der Waals surface area contributed by atoms with Crippen molar-refractivity contribution in [2.45, 2.75) is 31.8 Å². The van der Waals surface area contributed by atoms with E-state index in [9.17, 15) is 23.5 Å². The van der Waals surface area contributed by atoms with Crippen molar-refractivity contribution in [3.63, 3.8) is 0 Å². The highest BCUT2D eigenvalue weighted by molar-refractivity contribution is 7.13. The summed E-state index contributed by atoms with van der Waals surface area (Å²) >= 11 is 1.06. The molecule has 0 radical (unpaired) electrons. The second-order valence-electron chi connectivity index (χ2n) is 10.4. The average Bonchev–Trinajstić information content (AvgIpc) is 3.59. The number of nitrogens with one attached hydrogen (secondary N) is 1. The van der Waals surface area contributed by atoms with Gasteiger partial charge in [-0.3, -0.25) is 0 Å². The number of amides is 1. The molecule has 1 saturated carbocycles. The molecule has 8 nitrogen and oxygen atoms in total. The summed E-state index contributed by atoms with van der Waals surface area (Å²) in [5, 5.41) is 12.5. The fourth-order valence-electron chi connectivity index (χ4n) is 5.40. The Bertz CT molecular complexity index is 1610. The summed E-state index contributed by atoms with van der Waals surface area (Å²) in [5.74, 6) is -1.20. The van der Waals surface area contributed by atoms with Crippen LogP contribution in [0.1, 0.15) is 45.9 Å². The Hall–Kier alpha value is -4.51. The van der Waals surface area contributed by atoms with E-state index in [0.717, 1.165) is 46.4 Å². The van der Waals surface area contributed by atoms with Crippen LogP contribution in [0.2, 0.25) is 0 Å². The van der Waals surface area contributed by atoms with Gasteiger partial charge in [0, 0.05) is 18.0 Å². The molecule has 222 valence electrons. The quantitative estimate of drug-likeness (QED) is 0.179. The van der Waals surface area contributed by atoms with Gasteiger partial charge in [0.15, 0.2) is 17.2 Å². The van der Waals surface area contributed by atoms with E-state index in [4.69, 9.17) is 14.2 Å². The van der Waals surface area contributed by atoms with Gasteiger partial charge in [-0.15, -0.1) is 11.3 Å². The molecule has 1 amide bonds. The molecule has 0 bridgehead atoms. The van der Waals surface area contributed by atoms with E-state index in [1.54, 1.807) is 6.07 Å². The third kappa shape index (κ3) is 6.17. The van der Waals surface area contributed by atoms with Gasteiger partial charge in [0.1, 0.15) is 6.61 Å². The minimum Gasteiger partial charge on any atom is -0.489 e. The number of alkyl carbamates (subject to hydrolysis) is 1. The highest BCUT2D eigenvalue weighted by Gasteiger charge is 2.30. The van der Waals surface area contributed by atoms with Crippen molar-refractivity contribution in [1.29, 1.82) is 0 Å². The molecule has 6 rings (SSSR count). The number of benzene rings is 3. The van der Waals surface area contributed by atoms with Crippen LogP contribution >= 0.6 is 11.3 Å². The standard InChI is InChI=1S/C32H28F2N2O6S/c33-31(34)42-25-12-11-19(26(28(25)40-15-18-9-10-18)29-27(30(37)38)36-17-43-29)13-14-35-32(39)41-16-24-22-7-3-1-5-20(22)21-6-2-4-8-23(21)24/h1-8,11-12,17-18,24,31H,9-10,13-16H2,(H,35,39)(H,37,38). The predicted octanol–water partition coefficient (Wildman–Crippen LogP) is 6.98. The molecule has 2 N–H and O–H groups in total. The summed E-state index contributed by atoms with van der Waals surface area (Å²) in [7, 11) is 0. The van der Waals surface area contributed by atoms with E-state index in [0.29, 0.717) is 17.0 Å². The normalized spacial score (nSPS) is 13.8. The SMILES string of the molecule is O=C(NCCc1ccc(OC(F)F)c(OCC2CC2)c1-c1scnc1C(=O)O)OCC1c2ccccc2-c2ccccc21. The Balaban J connectivity index is 1.19. The number of aromatic carboxylic acids is 1. The lowest BCUT2D eigenvalue weighted by Gasteiger charge is -2.19. The van der Waals surface area contributed by atoms with Gasteiger partial charge in [0.05, 0.1) is 17.0 Å². The molecule has 1 heterocycles. The van der Waals surface area contributed by atoms with E-state index in [1.807, 2.05) is 36.4 Å². The van der Waals surface area contributed by atoms with Crippen molar-refractivity contribution < 1.29 is 37.7 Å². The van der Waals surface area contributed by atoms with Crippen molar-refractivity contribution in [3.05, 3.63) is 88.6 Å². The van der Waals surface area contributed by atoms with Gasteiger partial charge in [0.25, 0.3) is 0 Å². The number of nitrogens with zero attached hydrogens (tertiary/aromatic N) is 1. The monoisotopic (exact) mass is 606 g/mol. The zero-order valence-corrected chi connectivity index (χ0v) is 23.7. The maximum atomic E-state index is 13.3. The topological polar surface area (TPSA) is 107 Å². The average molecular weight is 607 g/mol. The fourth-order valence-corrected chi connectivity index (χ4v) is 6.26. The second kappa shape index (κ2) is 12.4. The Kier molecular flexibility index (Phi) is 8.24. The molecule has 0 aliphatic heterocycles. The van der Waals surface area contributed by atoms with Crippen molar-refractivity contribution in [3.8, 4) is 33.1 Å². The van der Waals surface area contributed by atoms with Crippen molar-refractivity contribution in [2.24, 2.45) is 5.92 Å². The molecule has 43 heavy (non-hydrogen) atoms. The van der Waals surface area contributed by atoms with E-state index in [-0.39, 0.29) is 54.2 Å². The zero-order chi connectivity index (χ0) is 29.9. The van der Waals surface area contributed by atoms with Gasteiger partial charge in [-0.25, -0.2) is 14.6 Å². The molecule has 4 aromatic rings. The number of rotatable bonds is 12. The van der Waals surface area contributed by atoms with Crippen LogP contribution in [0.15, 0.2) is 66.2 Å². The fraction of sp³-hybridized carbons (Fsp3) is 0.281. The van der Waals surface area contributed by atoms with Crippen LogP contribution in [-0.2, 0) is 11.2 Å². The molecule has 1 fully saturated rings. The number of hydrogen-bond donors (Lipinski definition) is 2. The smallest absolute Gasteiger partial charge is 0.407 e. The van der Waals surface area contributed by atoms with Crippen molar-refractivity contribution in [2.75, 3.05) is 19.8 Å². The van der Waals surface area contributed by atoms with Gasteiger partial charge < -0.3 is 24.6 Å². The Labute approximate surface area is 250 Å². The highest BCUT2D eigenvalue weighted by Crippen LogP contribution is 2.46. The summed E-state index contributed by atoms with van der Waals surface area (Å²) in [4.78, 5) is 28.9. The van der Waals surface area contributed by atoms with E-state index in [2.05, 4.69) is 22.4 Å². The van der Waals surface area contributed by atoms with Crippen LogP contribution < -0.4 is 14.8 Å². The number of carbonyl (C=O) groups is 2. The summed E-state index contributed by atoms with van der Waals surface area (Å²) in [6.45, 7) is -2.51. The van der Waals surface area contributed by atoms with Crippen LogP contribution in [0.4, 0.5) is 13.6 Å². The molecule has 2 aliphatic carbocycles. The summed E-state index contributed by atoms with van der Waals surface area (Å²) in [5.41, 5.74) is 6.51. The molecule has 11 heteroatoms. The van der Waals surface area contributed by atoms with Gasteiger partial charge in [0.2, 0.25) is 0 Å². The lowest BCUT2D eigenvalue weighted by molar-refractivity contribution is -0.0515. The van der Waals surface area contributed by atoms with E-state index in [1.165, 1.54) is 11.6 Å². The maximum absolute atomic E-state index is 13.3. The molecule has 0 atom stereocenters. The Morgan fingerprint density at radius 2 is 1.70 bits per heavy atom. The molecule has 0 unspecified atom stereocenters. The third-order valence-electron chi connectivity index (χ3n) is 7.59. The maximum Gasteiger partial charge on any atom is 0.407 e. The summed E-state index contributed by atoms with van der Waals surface area (Å²) < 4.78 is 43.0. The third-order valence-corrected chi connectivity index (χ3v) is 8.43. The molecule has 0 spiro atoms.